The summed E-state index contributed by atoms with van der Waals surface area (Å²) in [5, 5.41) is 27.3. The SMILES string of the molecule is CCN(C(=O)c1cc(F)ccc1Oc1nncnc1N1CCC2(C1)CN([C@H](CCCNCCOC)C(C)C)C2)C(C)C.O=C(O)/C=C/C(=O)O. The van der Waals surface area contributed by atoms with Crippen LogP contribution in [0.1, 0.15) is 64.2 Å². The molecular weight excluding hydrogens is 649 g/mol. The number of halogens is 1. The maximum Gasteiger partial charge on any atom is 0.328 e. The van der Waals surface area contributed by atoms with Crippen molar-refractivity contribution in [1.29, 1.82) is 0 Å². The summed E-state index contributed by atoms with van der Waals surface area (Å²) in [7, 11) is 1.73. The predicted molar refractivity (Wildman–Crippen MR) is 186 cm³/mol. The lowest BCUT2D eigenvalue weighted by atomic mass is 9.76. The van der Waals surface area contributed by atoms with Crippen LogP contribution in [0, 0.1) is 17.2 Å². The van der Waals surface area contributed by atoms with E-state index < -0.39 is 17.8 Å². The van der Waals surface area contributed by atoms with Gasteiger partial charge in [-0.15, -0.1) is 10.2 Å². The zero-order chi connectivity index (χ0) is 36.8. The van der Waals surface area contributed by atoms with Gasteiger partial charge < -0.3 is 34.8 Å². The Kier molecular flexibility index (Phi) is 15.5. The molecule has 0 saturated carbocycles. The molecule has 2 aliphatic rings. The van der Waals surface area contributed by atoms with Crippen molar-refractivity contribution < 1.29 is 38.5 Å². The zero-order valence-corrected chi connectivity index (χ0v) is 30.0. The maximum absolute atomic E-state index is 14.3. The van der Waals surface area contributed by atoms with E-state index in [4.69, 9.17) is 19.7 Å². The number of nitrogens with one attached hydrogen (secondary N) is 1. The van der Waals surface area contributed by atoms with Crippen molar-refractivity contribution >= 4 is 23.7 Å². The first kappa shape index (κ1) is 40.2. The highest BCUT2D eigenvalue weighted by Gasteiger charge is 2.50. The van der Waals surface area contributed by atoms with E-state index in [0.29, 0.717) is 36.5 Å². The van der Waals surface area contributed by atoms with Gasteiger partial charge in [0, 0.05) is 76.0 Å². The lowest BCUT2D eigenvalue weighted by Gasteiger charge is -2.53. The smallest absolute Gasteiger partial charge is 0.328 e. The second-order valence-electron chi connectivity index (χ2n) is 13.3. The van der Waals surface area contributed by atoms with E-state index >= 15 is 0 Å². The van der Waals surface area contributed by atoms with Gasteiger partial charge in [0.1, 0.15) is 17.9 Å². The Morgan fingerprint density at radius 3 is 2.40 bits per heavy atom. The van der Waals surface area contributed by atoms with Crippen LogP contribution in [0.5, 0.6) is 11.6 Å². The summed E-state index contributed by atoms with van der Waals surface area (Å²) >= 11 is 0. The highest BCUT2D eigenvalue weighted by molar-refractivity contribution is 5.97. The molecule has 3 N–H and O–H groups in total. The van der Waals surface area contributed by atoms with E-state index in [9.17, 15) is 18.8 Å². The molecule has 2 aromatic rings. The van der Waals surface area contributed by atoms with E-state index in [1.165, 1.54) is 30.9 Å². The monoisotopic (exact) mass is 701 g/mol. The van der Waals surface area contributed by atoms with Gasteiger partial charge in [-0.25, -0.2) is 19.0 Å². The van der Waals surface area contributed by atoms with Crippen molar-refractivity contribution in [3.63, 3.8) is 0 Å². The number of nitrogens with zero attached hydrogens (tertiary/aromatic N) is 6. The molecule has 1 amide bonds. The van der Waals surface area contributed by atoms with E-state index in [1.54, 1.807) is 12.0 Å². The number of aromatic nitrogens is 3. The van der Waals surface area contributed by atoms with Crippen LogP contribution < -0.4 is 15.0 Å². The summed E-state index contributed by atoms with van der Waals surface area (Å²) in [5.74, 6) is -1.65. The number of carboxylic acid groups (broad SMARTS) is 2. The van der Waals surface area contributed by atoms with E-state index in [-0.39, 0.29) is 34.6 Å². The summed E-state index contributed by atoms with van der Waals surface area (Å²) < 4.78 is 25.6. The van der Waals surface area contributed by atoms with Crippen molar-refractivity contribution in [2.75, 3.05) is 64.4 Å². The highest BCUT2D eigenvalue weighted by Crippen LogP contribution is 2.44. The Morgan fingerprint density at radius 2 is 1.80 bits per heavy atom. The van der Waals surface area contributed by atoms with Gasteiger partial charge >= 0.3 is 11.9 Å². The highest BCUT2D eigenvalue weighted by atomic mass is 19.1. The lowest BCUT2D eigenvalue weighted by Crippen LogP contribution is -2.62. The second-order valence-corrected chi connectivity index (χ2v) is 13.3. The minimum atomic E-state index is -1.26. The molecule has 1 aromatic heterocycles. The van der Waals surface area contributed by atoms with Gasteiger partial charge in [-0.3, -0.25) is 9.69 Å². The van der Waals surface area contributed by atoms with Crippen LogP contribution in [-0.2, 0) is 14.3 Å². The predicted octanol–water partition coefficient (Wildman–Crippen LogP) is 3.94. The number of hydrogen-bond donors (Lipinski definition) is 3. The van der Waals surface area contributed by atoms with Gasteiger partial charge in [-0.1, -0.05) is 13.8 Å². The topological polar surface area (TPSA) is 171 Å². The Balaban J connectivity index is 0.000000753. The number of carbonyl (C=O) groups excluding carboxylic acids is 1. The first-order chi connectivity index (χ1) is 23.8. The van der Waals surface area contributed by atoms with Crippen molar-refractivity contribution in [3.8, 4) is 11.6 Å². The Morgan fingerprint density at radius 1 is 1.10 bits per heavy atom. The molecule has 50 heavy (non-hydrogen) atoms. The quantitative estimate of drug-likeness (QED) is 0.160. The molecule has 0 radical (unpaired) electrons. The average molecular weight is 702 g/mol. The van der Waals surface area contributed by atoms with Crippen LogP contribution in [0.25, 0.3) is 0 Å². The normalized spacial score (nSPS) is 16.0. The van der Waals surface area contributed by atoms with Crippen LogP contribution in [-0.4, -0.2) is 125 Å². The number of benzene rings is 1. The van der Waals surface area contributed by atoms with Crippen LogP contribution in [0.15, 0.2) is 36.7 Å². The first-order valence-corrected chi connectivity index (χ1v) is 17.1. The first-order valence-electron chi connectivity index (χ1n) is 17.1. The van der Waals surface area contributed by atoms with E-state index in [0.717, 1.165) is 58.7 Å². The number of anilines is 1. The number of methoxy groups -OCH3 is 1. The number of carboxylic acids is 2. The molecule has 1 aromatic carbocycles. The molecule has 14 nitrogen and oxygen atoms in total. The van der Waals surface area contributed by atoms with E-state index in [2.05, 4.69) is 44.1 Å². The zero-order valence-electron chi connectivity index (χ0n) is 30.0. The number of aliphatic carboxylic acids is 2. The van der Waals surface area contributed by atoms with Crippen LogP contribution in [0.4, 0.5) is 10.2 Å². The van der Waals surface area contributed by atoms with Gasteiger partial charge in [0.2, 0.25) is 0 Å². The molecule has 2 saturated heterocycles. The molecular formula is C35H52FN7O7. The van der Waals surface area contributed by atoms with E-state index in [1.807, 2.05) is 20.8 Å². The molecule has 2 fully saturated rings. The fourth-order valence-corrected chi connectivity index (χ4v) is 6.54. The van der Waals surface area contributed by atoms with Crippen molar-refractivity contribution in [3.05, 3.63) is 48.1 Å². The molecule has 3 heterocycles. The minimum absolute atomic E-state index is 0.0388. The second kappa shape index (κ2) is 19.3. The molecule has 2 aliphatic heterocycles. The number of ether oxygens (including phenoxy) is 2. The molecule has 0 bridgehead atoms. The van der Waals surface area contributed by atoms with Crippen LogP contribution >= 0.6 is 0 Å². The van der Waals surface area contributed by atoms with Gasteiger partial charge in [0.05, 0.1) is 12.2 Å². The Hall–Kier alpha value is -4.21. The third-order valence-corrected chi connectivity index (χ3v) is 8.93. The molecule has 15 heteroatoms. The van der Waals surface area contributed by atoms with Gasteiger partial charge in [-0.2, -0.15) is 0 Å². The third kappa shape index (κ3) is 11.4. The lowest BCUT2D eigenvalue weighted by molar-refractivity contribution is -0.134. The Bertz CT molecular complexity index is 1440. The molecule has 1 atom stereocenters. The molecule has 0 unspecified atom stereocenters. The summed E-state index contributed by atoms with van der Waals surface area (Å²) in [6, 6.07) is 4.51. The largest absolute Gasteiger partial charge is 0.478 e. The van der Waals surface area contributed by atoms with Crippen molar-refractivity contribution in [1.82, 2.24) is 30.3 Å². The standard InChI is InChI=1S/C31H48FN7O3.C4H4O4/c1-7-39(23(4)5)30(40)25-17-24(32)10-11-27(25)42-29-28(34-21-35-36-29)37-15-12-31(18-37)19-38(20-31)26(22(2)3)9-8-13-33-14-16-41-6;5-3(6)1-2-4(7)8/h10-11,17,21-23,26,33H,7-9,12-16,18-20H2,1-6H3;1-2H,(H,5,6)(H,7,8)/b;2-1+/t26-;/m1./s1. The minimum Gasteiger partial charge on any atom is -0.478 e. The van der Waals surface area contributed by atoms with Crippen LogP contribution in [0.3, 0.4) is 0 Å². The molecule has 4 rings (SSSR count). The summed E-state index contributed by atoms with van der Waals surface area (Å²) in [6.07, 6.45) is 5.93. The fourth-order valence-electron chi connectivity index (χ4n) is 6.54. The molecule has 1 spiro atoms. The van der Waals surface area contributed by atoms with Gasteiger partial charge in [0.25, 0.3) is 11.8 Å². The number of carbonyl (C=O) groups is 3. The third-order valence-electron chi connectivity index (χ3n) is 8.93. The number of likely N-dealkylation sites (tertiary alicyclic amines) is 1. The molecule has 276 valence electrons. The average Bonchev–Trinajstić information content (AvgIpc) is 3.50. The van der Waals surface area contributed by atoms with Crippen molar-refractivity contribution in [2.45, 2.75) is 66.0 Å². The van der Waals surface area contributed by atoms with Gasteiger partial charge in [0.15, 0.2) is 5.82 Å². The van der Waals surface area contributed by atoms with Crippen LogP contribution in [0.2, 0.25) is 0 Å². The Labute approximate surface area is 293 Å². The maximum atomic E-state index is 14.3. The van der Waals surface area contributed by atoms with Gasteiger partial charge in [-0.05, 0) is 70.7 Å². The summed E-state index contributed by atoms with van der Waals surface area (Å²) in [4.78, 5) is 43.5. The van der Waals surface area contributed by atoms with Crippen molar-refractivity contribution in [2.24, 2.45) is 11.3 Å². The number of rotatable bonds is 17. The number of amides is 1. The molecule has 0 aliphatic carbocycles. The number of hydrogen-bond acceptors (Lipinski definition) is 11. The summed E-state index contributed by atoms with van der Waals surface area (Å²) in [6.45, 7) is 17.4. The summed E-state index contributed by atoms with van der Waals surface area (Å²) in [5.41, 5.74) is 0.366. The fraction of sp³-hybridized carbons (Fsp3) is 0.600.